The van der Waals surface area contributed by atoms with Gasteiger partial charge in [-0.3, -0.25) is 24.3 Å². The van der Waals surface area contributed by atoms with Crippen LogP contribution in [0.4, 0.5) is 28.4 Å². The molecule has 9 rings (SSSR count). The Kier molecular flexibility index (Phi) is 10.7. The Morgan fingerprint density at radius 1 is 0.787 bits per heavy atom. The Balaban J connectivity index is 0.969. The fourth-order valence-electron chi connectivity index (χ4n) is 9.21. The van der Waals surface area contributed by atoms with Gasteiger partial charge in [0.15, 0.2) is 11.5 Å². The van der Waals surface area contributed by atoms with E-state index in [0.29, 0.717) is 60.0 Å². The molecule has 2 amide bonds. The highest BCUT2D eigenvalue weighted by atomic mass is 16.5. The molecule has 2 atom stereocenters. The smallest absolute Gasteiger partial charge is 0.261 e. The molecular weight excluding hydrogens is 767 g/mol. The Morgan fingerprint density at radius 3 is 2.18 bits per heavy atom. The summed E-state index contributed by atoms with van der Waals surface area (Å²) in [5.74, 6) is 1.82. The van der Waals surface area contributed by atoms with Gasteiger partial charge in [-0.05, 0) is 90.0 Å². The van der Waals surface area contributed by atoms with E-state index in [4.69, 9.17) is 19.2 Å². The maximum absolute atomic E-state index is 14.2. The zero-order chi connectivity index (χ0) is 42.4. The minimum absolute atomic E-state index is 0.0267. The number of aryl methyl sites for hydroxylation is 1. The van der Waals surface area contributed by atoms with Crippen LogP contribution in [0.1, 0.15) is 74.7 Å². The van der Waals surface area contributed by atoms with Crippen LogP contribution in [-0.2, 0) is 30.8 Å². The molecule has 5 aromatic rings. The SMILES string of the molecule is CCC(=O)CCCN(C)c1cc(COc2cc3c(cc2C)C(=O)N2c4ccccc4C[C@H]2C=N3)cc(COc2cc3c(cc2OC)C(=O)N2c4ccccc4C[C@H]2CN3C)c1. The summed E-state index contributed by atoms with van der Waals surface area (Å²) in [4.78, 5) is 53.1. The first kappa shape index (κ1) is 39.8. The van der Waals surface area contributed by atoms with Crippen molar-refractivity contribution in [1.82, 2.24) is 0 Å². The molecule has 4 heterocycles. The summed E-state index contributed by atoms with van der Waals surface area (Å²) in [5, 5.41) is 0. The van der Waals surface area contributed by atoms with Crippen LogP contribution in [0.15, 0.2) is 96.0 Å². The number of hydrogen-bond acceptors (Lipinski definition) is 9. The van der Waals surface area contributed by atoms with Crippen molar-refractivity contribution in [3.05, 3.63) is 130 Å². The molecule has 11 heteroatoms. The third-order valence-corrected chi connectivity index (χ3v) is 12.4. The zero-order valence-corrected chi connectivity index (χ0v) is 35.4. The standard InChI is InChI=1S/C50H51N5O6/c1-6-39(56)14-11-17-52(3)36-20-32(29-60-46-25-42-40(18-31(46)2)49(57)54-37(27-51-42)22-34-12-7-9-15-43(34)54)19-33(21-36)30-61-48-26-45-41(24-47(48)59-5)50(58)55-38(28-53(45)4)23-35-13-8-10-16-44(35)55/h7-10,12-13,15-16,18-21,24-27,37-38H,6,11,14,17,22-23,28-30H2,1-5H3/t37-,38-/m0/s1. The van der Waals surface area contributed by atoms with Gasteiger partial charge in [0.05, 0.1) is 41.7 Å². The van der Waals surface area contributed by atoms with Gasteiger partial charge < -0.3 is 28.9 Å². The molecule has 0 bridgehead atoms. The van der Waals surface area contributed by atoms with Crippen molar-refractivity contribution in [3.8, 4) is 17.2 Å². The Morgan fingerprint density at radius 2 is 1.46 bits per heavy atom. The Bertz CT molecular complexity index is 2590. The summed E-state index contributed by atoms with van der Waals surface area (Å²) in [6.45, 7) is 5.73. The predicted molar refractivity (Wildman–Crippen MR) is 240 cm³/mol. The summed E-state index contributed by atoms with van der Waals surface area (Å²) in [6.07, 6.45) is 5.23. The van der Waals surface area contributed by atoms with E-state index >= 15 is 0 Å². The van der Waals surface area contributed by atoms with Crippen LogP contribution in [0.25, 0.3) is 0 Å². The number of anilines is 4. The molecule has 61 heavy (non-hydrogen) atoms. The summed E-state index contributed by atoms with van der Waals surface area (Å²) in [6, 6.07) is 29.8. The highest BCUT2D eigenvalue weighted by Crippen LogP contribution is 2.43. The van der Waals surface area contributed by atoms with Crippen molar-refractivity contribution in [2.75, 3.05) is 53.9 Å². The topological polar surface area (TPSA) is 104 Å². The van der Waals surface area contributed by atoms with Gasteiger partial charge in [-0.25, -0.2) is 0 Å². The fourth-order valence-corrected chi connectivity index (χ4v) is 9.21. The van der Waals surface area contributed by atoms with E-state index in [1.807, 2.05) is 98.6 Å². The van der Waals surface area contributed by atoms with Crippen molar-refractivity contribution in [3.63, 3.8) is 0 Å². The highest BCUT2D eigenvalue weighted by Gasteiger charge is 2.40. The van der Waals surface area contributed by atoms with Crippen molar-refractivity contribution in [2.45, 2.75) is 71.2 Å². The van der Waals surface area contributed by atoms with E-state index in [0.717, 1.165) is 64.3 Å². The molecule has 312 valence electrons. The molecule has 11 nitrogen and oxygen atoms in total. The molecule has 0 N–H and O–H groups in total. The van der Waals surface area contributed by atoms with Gasteiger partial charge in [-0.2, -0.15) is 0 Å². The predicted octanol–water partition coefficient (Wildman–Crippen LogP) is 8.67. The van der Waals surface area contributed by atoms with Crippen LogP contribution in [-0.4, -0.2) is 70.2 Å². The lowest BCUT2D eigenvalue weighted by atomic mass is 10.1. The van der Waals surface area contributed by atoms with E-state index in [-0.39, 0.29) is 42.9 Å². The highest BCUT2D eigenvalue weighted by molar-refractivity contribution is 6.15. The van der Waals surface area contributed by atoms with Gasteiger partial charge in [0.1, 0.15) is 24.7 Å². The second-order valence-corrected chi connectivity index (χ2v) is 16.6. The number of benzene rings is 5. The number of Topliss-reactive ketones (excluding diaryl/α,β-unsaturated/α-hetero) is 1. The van der Waals surface area contributed by atoms with Crippen molar-refractivity contribution in [1.29, 1.82) is 0 Å². The summed E-state index contributed by atoms with van der Waals surface area (Å²) in [5.41, 5.74) is 10.4. The normalized spacial score (nSPS) is 17.1. The maximum atomic E-state index is 14.2. The molecule has 0 saturated heterocycles. The summed E-state index contributed by atoms with van der Waals surface area (Å²) < 4.78 is 18.9. The lowest BCUT2D eigenvalue weighted by Gasteiger charge is -2.25. The average Bonchev–Trinajstić information content (AvgIpc) is 3.77. The van der Waals surface area contributed by atoms with E-state index in [2.05, 4.69) is 40.1 Å². The number of ketones is 1. The molecule has 4 aliphatic heterocycles. The van der Waals surface area contributed by atoms with E-state index in [1.54, 1.807) is 13.2 Å². The number of amides is 2. The maximum Gasteiger partial charge on any atom is 0.261 e. The number of fused-ring (bicyclic) bond motifs is 8. The lowest BCUT2D eigenvalue weighted by Crippen LogP contribution is -2.41. The molecule has 5 aromatic carbocycles. The van der Waals surface area contributed by atoms with Crippen molar-refractivity contribution in [2.24, 2.45) is 4.99 Å². The van der Waals surface area contributed by atoms with E-state index in [9.17, 15) is 14.4 Å². The number of methoxy groups -OCH3 is 1. The second kappa shape index (κ2) is 16.4. The van der Waals surface area contributed by atoms with Gasteiger partial charge in [0.25, 0.3) is 11.8 Å². The molecule has 0 unspecified atom stereocenters. The molecule has 4 aliphatic rings. The van der Waals surface area contributed by atoms with Gasteiger partial charge in [-0.1, -0.05) is 43.3 Å². The molecule has 0 fully saturated rings. The molecule has 0 saturated carbocycles. The van der Waals surface area contributed by atoms with Crippen molar-refractivity contribution < 1.29 is 28.6 Å². The van der Waals surface area contributed by atoms with Crippen LogP contribution < -0.4 is 33.8 Å². The first-order valence-corrected chi connectivity index (χ1v) is 21.2. The largest absolute Gasteiger partial charge is 0.493 e. The molecule has 0 radical (unpaired) electrons. The average molecular weight is 818 g/mol. The zero-order valence-electron chi connectivity index (χ0n) is 35.4. The van der Waals surface area contributed by atoms with Gasteiger partial charge in [0.2, 0.25) is 0 Å². The van der Waals surface area contributed by atoms with Gasteiger partial charge in [-0.15, -0.1) is 0 Å². The quantitative estimate of drug-likeness (QED) is 0.116. The molecule has 0 spiro atoms. The third kappa shape index (κ3) is 7.58. The number of aliphatic imine (C=N–C) groups is 1. The number of hydrogen-bond donors (Lipinski definition) is 0. The minimum atomic E-state index is -0.132. The monoisotopic (exact) mass is 817 g/mol. The number of carbonyl (C=O) groups excluding carboxylic acids is 3. The summed E-state index contributed by atoms with van der Waals surface area (Å²) >= 11 is 0. The number of ether oxygens (including phenoxy) is 3. The number of rotatable bonds is 13. The van der Waals surface area contributed by atoms with Crippen LogP contribution in [0.5, 0.6) is 17.2 Å². The Labute approximate surface area is 357 Å². The first-order chi connectivity index (χ1) is 29.6. The van der Waals surface area contributed by atoms with Crippen molar-refractivity contribution >= 4 is 52.2 Å². The minimum Gasteiger partial charge on any atom is -0.493 e. The molecule has 0 aromatic heterocycles. The first-order valence-electron chi connectivity index (χ1n) is 21.2. The fraction of sp³-hybridized carbons (Fsp3) is 0.320. The third-order valence-electron chi connectivity index (χ3n) is 12.4. The van der Waals surface area contributed by atoms with Gasteiger partial charge >= 0.3 is 0 Å². The van der Waals surface area contributed by atoms with Crippen LogP contribution in [0, 0.1) is 6.92 Å². The van der Waals surface area contributed by atoms with Crippen LogP contribution in [0.3, 0.4) is 0 Å². The lowest BCUT2D eigenvalue weighted by molar-refractivity contribution is -0.118. The number of carbonyl (C=O) groups is 3. The molecular formula is C50H51N5O6. The number of para-hydroxylation sites is 2. The number of likely N-dealkylation sites (N-methyl/N-ethyl adjacent to an activating group) is 1. The number of nitrogens with zero attached hydrogens (tertiary/aromatic N) is 5. The molecule has 0 aliphatic carbocycles. The summed E-state index contributed by atoms with van der Waals surface area (Å²) in [7, 11) is 5.64. The van der Waals surface area contributed by atoms with Gasteiger partial charge in [0, 0.05) is 81.9 Å². The van der Waals surface area contributed by atoms with Crippen LogP contribution >= 0.6 is 0 Å². The Hall–Kier alpha value is -6.62. The van der Waals surface area contributed by atoms with E-state index in [1.165, 1.54) is 5.56 Å². The van der Waals surface area contributed by atoms with Crippen LogP contribution in [0.2, 0.25) is 0 Å². The van der Waals surface area contributed by atoms with E-state index < -0.39 is 0 Å². The second-order valence-electron chi connectivity index (χ2n) is 16.6.